The van der Waals surface area contributed by atoms with Crippen molar-refractivity contribution in [3.05, 3.63) is 65.4 Å². The van der Waals surface area contributed by atoms with Crippen molar-refractivity contribution >= 4 is 0 Å². The van der Waals surface area contributed by atoms with E-state index in [2.05, 4.69) is 20.7 Å². The summed E-state index contributed by atoms with van der Waals surface area (Å²) in [5.74, 6) is -1.44. The maximum absolute atomic E-state index is 14.6. The van der Waals surface area contributed by atoms with Gasteiger partial charge in [-0.2, -0.15) is 5.10 Å². The van der Waals surface area contributed by atoms with E-state index < -0.39 is 23.3 Å². The van der Waals surface area contributed by atoms with Gasteiger partial charge >= 0.3 is 0 Å². The average molecular weight is 374 g/mol. The van der Waals surface area contributed by atoms with E-state index in [0.717, 1.165) is 32.0 Å². The highest BCUT2D eigenvalue weighted by molar-refractivity contribution is 5.27. The molecule has 0 bridgehead atoms. The molecule has 0 amide bonds. The Kier molecular flexibility index (Phi) is 5.85. The van der Waals surface area contributed by atoms with Crippen molar-refractivity contribution < 1.29 is 13.9 Å². The van der Waals surface area contributed by atoms with Crippen LogP contribution in [0.15, 0.2) is 48.2 Å². The number of piperidine rings is 1. The molecule has 2 atom stereocenters. The highest BCUT2D eigenvalue weighted by Crippen LogP contribution is 2.34. The largest absolute Gasteiger partial charge is 0.381 e. The molecule has 3 rings (SSSR count). The second-order valence-corrected chi connectivity index (χ2v) is 6.89. The first-order chi connectivity index (χ1) is 12.9. The van der Waals surface area contributed by atoms with E-state index >= 15 is 0 Å². The summed E-state index contributed by atoms with van der Waals surface area (Å²) in [5.41, 5.74) is 2.96. The van der Waals surface area contributed by atoms with Gasteiger partial charge in [-0.3, -0.25) is 4.90 Å². The summed E-state index contributed by atoms with van der Waals surface area (Å²) in [6.45, 7) is 5.30. The van der Waals surface area contributed by atoms with Crippen LogP contribution < -0.4 is 0 Å². The van der Waals surface area contributed by atoms with Gasteiger partial charge in [0.05, 0.1) is 6.54 Å². The molecule has 1 aromatic heterocycles. The zero-order chi connectivity index (χ0) is 19.4. The van der Waals surface area contributed by atoms with Gasteiger partial charge < -0.3 is 5.11 Å². The van der Waals surface area contributed by atoms with Gasteiger partial charge in [0.25, 0.3) is 0 Å². The zero-order valence-corrected chi connectivity index (χ0v) is 15.6. The Labute approximate surface area is 157 Å². The fourth-order valence-corrected chi connectivity index (χ4v) is 3.68. The molecule has 7 heteroatoms. The van der Waals surface area contributed by atoms with Crippen LogP contribution in [-0.4, -0.2) is 43.9 Å². The van der Waals surface area contributed by atoms with E-state index in [4.69, 9.17) is 0 Å². The number of benzene rings is 1. The molecule has 2 unspecified atom stereocenters. The first-order valence-electron chi connectivity index (χ1n) is 9.07. The summed E-state index contributed by atoms with van der Waals surface area (Å²) in [4.78, 5) is 6.02. The van der Waals surface area contributed by atoms with Crippen LogP contribution in [0.1, 0.15) is 32.3 Å². The Hall–Kier alpha value is -2.34. The van der Waals surface area contributed by atoms with Crippen LogP contribution in [0.4, 0.5) is 8.78 Å². The lowest BCUT2D eigenvalue weighted by Gasteiger charge is -2.43. The molecule has 0 saturated carbocycles. The van der Waals surface area contributed by atoms with Crippen LogP contribution in [0.2, 0.25) is 0 Å². The number of aromatic nitrogens is 3. The third-order valence-corrected chi connectivity index (χ3v) is 5.26. The van der Waals surface area contributed by atoms with Crippen molar-refractivity contribution in [3.63, 3.8) is 0 Å². The SMILES string of the molecule is CC=C=C1CCN(C(C)C(O)(Cn2cncn2)c2ccc(F)cc2F)CC1. The number of likely N-dealkylation sites (tertiary alicyclic amines) is 1. The molecule has 2 heterocycles. The molecule has 27 heavy (non-hydrogen) atoms. The van der Waals surface area contributed by atoms with Gasteiger partial charge in [-0.05, 0) is 44.4 Å². The summed E-state index contributed by atoms with van der Waals surface area (Å²) in [5, 5.41) is 15.6. The highest BCUT2D eigenvalue weighted by atomic mass is 19.1. The lowest BCUT2D eigenvalue weighted by Crippen LogP contribution is -2.53. The zero-order valence-electron chi connectivity index (χ0n) is 15.6. The summed E-state index contributed by atoms with van der Waals surface area (Å²) < 4.78 is 29.5. The smallest absolute Gasteiger partial charge is 0.137 e. The van der Waals surface area contributed by atoms with E-state index in [1.54, 1.807) is 0 Å². The Bertz CT molecular complexity index is 836. The van der Waals surface area contributed by atoms with Crippen molar-refractivity contribution in [3.8, 4) is 0 Å². The third-order valence-electron chi connectivity index (χ3n) is 5.26. The molecule has 0 spiro atoms. The number of aliphatic hydroxyl groups is 1. The minimum Gasteiger partial charge on any atom is -0.381 e. The fraction of sp³-hybridized carbons (Fsp3) is 0.450. The average Bonchev–Trinajstić information content (AvgIpc) is 3.14. The molecule has 1 N–H and O–H groups in total. The van der Waals surface area contributed by atoms with E-state index in [0.29, 0.717) is 0 Å². The van der Waals surface area contributed by atoms with Crippen molar-refractivity contribution in [1.82, 2.24) is 19.7 Å². The fourth-order valence-electron chi connectivity index (χ4n) is 3.68. The summed E-state index contributed by atoms with van der Waals surface area (Å²) in [7, 11) is 0. The molecule has 1 fully saturated rings. The molecular weight excluding hydrogens is 350 g/mol. The van der Waals surface area contributed by atoms with Crippen LogP contribution in [0.25, 0.3) is 0 Å². The van der Waals surface area contributed by atoms with Gasteiger partial charge in [-0.1, -0.05) is 6.07 Å². The number of halogens is 2. The first kappa shape index (κ1) is 19.4. The Balaban J connectivity index is 1.93. The molecule has 0 aliphatic carbocycles. The van der Waals surface area contributed by atoms with Gasteiger partial charge in [0.2, 0.25) is 0 Å². The lowest BCUT2D eigenvalue weighted by atomic mass is 9.84. The summed E-state index contributed by atoms with van der Waals surface area (Å²) >= 11 is 0. The maximum Gasteiger partial charge on any atom is 0.137 e. The molecule has 5 nitrogen and oxygen atoms in total. The van der Waals surface area contributed by atoms with Gasteiger partial charge in [-0.25, -0.2) is 18.4 Å². The maximum atomic E-state index is 14.6. The number of hydrogen-bond acceptors (Lipinski definition) is 4. The van der Waals surface area contributed by atoms with Crippen LogP contribution in [0.3, 0.4) is 0 Å². The minimum absolute atomic E-state index is 0.0186. The lowest BCUT2D eigenvalue weighted by molar-refractivity contribution is -0.0657. The topological polar surface area (TPSA) is 54.2 Å². The standard InChI is InChI=1S/C20H24F2N4O/c1-3-4-16-7-9-25(10-8-16)15(2)20(27,12-26-14-23-13-24-26)18-6-5-17(21)11-19(18)22/h3,5-6,11,13-15,27H,7-10,12H2,1-2H3. The highest BCUT2D eigenvalue weighted by Gasteiger charge is 2.42. The molecule has 1 aromatic carbocycles. The van der Waals surface area contributed by atoms with Crippen LogP contribution in [-0.2, 0) is 12.1 Å². The molecule has 1 saturated heterocycles. The summed E-state index contributed by atoms with van der Waals surface area (Å²) in [6.07, 6.45) is 6.44. The van der Waals surface area contributed by atoms with Gasteiger partial charge in [0.15, 0.2) is 0 Å². The van der Waals surface area contributed by atoms with Gasteiger partial charge in [0, 0.05) is 30.8 Å². The van der Waals surface area contributed by atoms with E-state index in [1.807, 2.05) is 19.9 Å². The molecule has 1 aliphatic rings. The van der Waals surface area contributed by atoms with Crippen LogP contribution in [0, 0.1) is 11.6 Å². The van der Waals surface area contributed by atoms with Gasteiger partial charge in [-0.15, -0.1) is 5.73 Å². The van der Waals surface area contributed by atoms with Crippen LogP contribution in [0.5, 0.6) is 0 Å². The molecule has 1 aliphatic heterocycles. The second kappa shape index (κ2) is 8.13. The normalized spacial score (nSPS) is 18.6. The van der Waals surface area contributed by atoms with E-state index in [-0.39, 0.29) is 12.1 Å². The predicted octanol–water partition coefficient (Wildman–Crippen LogP) is 3.03. The van der Waals surface area contributed by atoms with Crippen molar-refractivity contribution in [1.29, 1.82) is 0 Å². The Morgan fingerprint density at radius 1 is 1.33 bits per heavy atom. The van der Waals surface area contributed by atoms with Crippen molar-refractivity contribution in [2.24, 2.45) is 0 Å². The predicted molar refractivity (Wildman–Crippen MR) is 97.8 cm³/mol. The second-order valence-electron chi connectivity index (χ2n) is 6.89. The number of hydrogen-bond donors (Lipinski definition) is 1. The molecule has 2 aromatic rings. The van der Waals surface area contributed by atoms with Gasteiger partial charge in [0.1, 0.15) is 29.9 Å². The molecule has 144 valence electrons. The number of rotatable bonds is 5. The molecular formula is C20H24F2N4O. The monoisotopic (exact) mass is 374 g/mol. The van der Waals surface area contributed by atoms with Crippen molar-refractivity contribution in [2.75, 3.05) is 13.1 Å². The van der Waals surface area contributed by atoms with E-state index in [1.165, 1.54) is 35.0 Å². The third kappa shape index (κ3) is 4.16. The minimum atomic E-state index is -1.59. The molecule has 0 radical (unpaired) electrons. The Morgan fingerprint density at radius 2 is 2.07 bits per heavy atom. The van der Waals surface area contributed by atoms with E-state index in [9.17, 15) is 13.9 Å². The Morgan fingerprint density at radius 3 is 2.67 bits per heavy atom. The summed E-state index contributed by atoms with van der Waals surface area (Å²) in [6, 6.07) is 2.87. The van der Waals surface area contributed by atoms with Crippen LogP contribution >= 0.6 is 0 Å². The first-order valence-corrected chi connectivity index (χ1v) is 9.07. The van der Waals surface area contributed by atoms with Crippen molar-refractivity contribution in [2.45, 2.75) is 44.9 Å². The number of nitrogens with zero attached hydrogens (tertiary/aromatic N) is 4. The quantitative estimate of drug-likeness (QED) is 0.818.